The molecule has 13 heteroatoms. The second kappa shape index (κ2) is 21.0. The standard InChI is InChI=1S/C53H52ClN3O8S/c1-64-48-29-43(44(54)28-37(48)30-55-31-47(60)41-17-20-46(59)51-42(41)18-22-50(61)56-51)45(58)19-15-40-16-21-49(66-40)36-11-8-14-39(27-36)53(63,38-12-6-3-7-13-38)52(62)65-33-35-23-25-57(26-24-35)32-34-9-4-2-5-10-34/h2-14,16-18,20-22,27-29,35,47,55,59-60,63H,15,19,23-26,30-33H2,1H3,(H,56,61)/t47-,53-/m0/s1. The Hall–Kier alpha value is -6.12. The van der Waals surface area contributed by atoms with Crippen LogP contribution < -0.4 is 15.6 Å². The van der Waals surface area contributed by atoms with E-state index in [9.17, 15) is 29.7 Å². The van der Waals surface area contributed by atoms with Crippen molar-refractivity contribution in [2.24, 2.45) is 5.92 Å². The number of phenols is 1. The molecule has 0 bridgehead atoms. The van der Waals surface area contributed by atoms with Crippen LogP contribution in [-0.2, 0) is 34.6 Å². The van der Waals surface area contributed by atoms with Crippen LogP contribution in [0.25, 0.3) is 21.3 Å². The Balaban J connectivity index is 0.885. The molecule has 1 aliphatic heterocycles. The Kier molecular flexibility index (Phi) is 14.8. The molecule has 11 nitrogen and oxygen atoms in total. The van der Waals surface area contributed by atoms with E-state index in [-0.39, 0.29) is 59.7 Å². The predicted molar refractivity (Wildman–Crippen MR) is 258 cm³/mol. The number of aryl methyl sites for hydroxylation is 1. The first-order chi connectivity index (χ1) is 32.0. The summed E-state index contributed by atoms with van der Waals surface area (Å²) in [5.41, 5.74) is 2.36. The van der Waals surface area contributed by atoms with Crippen molar-refractivity contribution in [1.29, 1.82) is 0 Å². The first kappa shape index (κ1) is 46.4. The first-order valence-electron chi connectivity index (χ1n) is 22.0. The third-order valence-corrected chi connectivity index (χ3v) is 13.8. The van der Waals surface area contributed by atoms with E-state index in [1.165, 1.54) is 36.1 Å². The largest absolute Gasteiger partial charge is 0.506 e. The lowest BCUT2D eigenvalue weighted by Gasteiger charge is -2.33. The maximum absolute atomic E-state index is 14.0. The summed E-state index contributed by atoms with van der Waals surface area (Å²) >= 11 is 8.23. The van der Waals surface area contributed by atoms with Crippen LogP contribution >= 0.6 is 22.9 Å². The van der Waals surface area contributed by atoms with E-state index in [1.54, 1.807) is 54.6 Å². The molecule has 8 rings (SSSR count). The average molecular weight is 927 g/mol. The Morgan fingerprint density at radius 2 is 1.65 bits per heavy atom. The fraction of sp³-hybridized carbons (Fsp3) is 0.264. The van der Waals surface area contributed by atoms with Crippen LogP contribution in [0.3, 0.4) is 0 Å². The van der Waals surface area contributed by atoms with Crippen molar-refractivity contribution in [3.05, 3.63) is 187 Å². The number of hydrogen-bond donors (Lipinski definition) is 5. The van der Waals surface area contributed by atoms with Gasteiger partial charge in [-0.1, -0.05) is 96.5 Å². The molecule has 0 radical (unpaired) electrons. The predicted octanol–water partition coefficient (Wildman–Crippen LogP) is 8.95. The van der Waals surface area contributed by atoms with E-state index in [2.05, 4.69) is 39.5 Å². The van der Waals surface area contributed by atoms with Gasteiger partial charge in [-0.25, -0.2) is 4.79 Å². The first-order valence-corrected chi connectivity index (χ1v) is 23.2. The number of aliphatic hydroxyl groups is 2. The van der Waals surface area contributed by atoms with Crippen molar-refractivity contribution in [1.82, 2.24) is 15.2 Å². The number of fused-ring (bicyclic) bond motifs is 1. The second-order valence-electron chi connectivity index (χ2n) is 16.7. The van der Waals surface area contributed by atoms with Gasteiger partial charge in [0.1, 0.15) is 11.5 Å². The van der Waals surface area contributed by atoms with Gasteiger partial charge in [-0.3, -0.25) is 14.5 Å². The van der Waals surface area contributed by atoms with Gasteiger partial charge in [-0.15, -0.1) is 11.3 Å². The minimum absolute atomic E-state index is 0.0886. The number of H-pyrrole nitrogens is 1. The van der Waals surface area contributed by atoms with Gasteiger partial charge in [0.05, 0.1) is 30.4 Å². The van der Waals surface area contributed by atoms with Crippen molar-refractivity contribution < 1.29 is 34.4 Å². The molecule has 1 saturated heterocycles. The summed E-state index contributed by atoms with van der Waals surface area (Å²) in [6.45, 7) is 3.38. The fourth-order valence-corrected chi connectivity index (χ4v) is 9.90. The highest BCUT2D eigenvalue weighted by Crippen LogP contribution is 2.37. The van der Waals surface area contributed by atoms with Crippen LogP contribution in [0.5, 0.6) is 11.5 Å². The number of nitrogens with one attached hydrogen (secondary N) is 2. The summed E-state index contributed by atoms with van der Waals surface area (Å²) in [7, 11) is 1.52. The van der Waals surface area contributed by atoms with Crippen LogP contribution in [0.15, 0.2) is 138 Å². The molecule has 2 atom stereocenters. The Labute approximate surface area is 392 Å². The van der Waals surface area contributed by atoms with E-state index in [1.807, 2.05) is 42.5 Å². The Morgan fingerprint density at radius 3 is 2.41 bits per heavy atom. The van der Waals surface area contributed by atoms with Gasteiger partial charge >= 0.3 is 5.97 Å². The smallest absolute Gasteiger partial charge is 0.347 e. The van der Waals surface area contributed by atoms with Gasteiger partial charge < -0.3 is 35.1 Å². The summed E-state index contributed by atoms with van der Waals surface area (Å²) in [5.74, 6) is -0.274. The monoisotopic (exact) mass is 925 g/mol. The highest BCUT2D eigenvalue weighted by Gasteiger charge is 2.42. The number of halogens is 1. The molecule has 5 N–H and O–H groups in total. The number of pyridine rings is 1. The molecule has 0 saturated carbocycles. The second-order valence-corrected chi connectivity index (χ2v) is 18.3. The van der Waals surface area contributed by atoms with E-state index in [4.69, 9.17) is 21.1 Å². The number of hydrogen-bond acceptors (Lipinski definition) is 11. The third-order valence-electron chi connectivity index (χ3n) is 12.3. The number of ether oxygens (including phenoxy) is 2. The van der Waals surface area contributed by atoms with Crippen LogP contribution in [0.2, 0.25) is 5.02 Å². The molecule has 0 spiro atoms. The quantitative estimate of drug-likeness (QED) is 0.0415. The van der Waals surface area contributed by atoms with Crippen molar-refractivity contribution in [3.63, 3.8) is 0 Å². The summed E-state index contributed by atoms with van der Waals surface area (Å²) < 4.78 is 11.6. The van der Waals surface area contributed by atoms with Gasteiger partial charge in [0.2, 0.25) is 11.2 Å². The number of carbonyl (C=O) groups is 2. The van der Waals surface area contributed by atoms with E-state index >= 15 is 0 Å². The van der Waals surface area contributed by atoms with Gasteiger partial charge in [0.15, 0.2) is 5.78 Å². The molecule has 2 aromatic heterocycles. The number of aromatic amines is 1. The maximum Gasteiger partial charge on any atom is 0.347 e. The normalized spacial score (nSPS) is 14.7. The lowest BCUT2D eigenvalue weighted by atomic mass is 9.85. The number of esters is 1. The number of carbonyl (C=O) groups excluding carboxylic acids is 2. The highest BCUT2D eigenvalue weighted by atomic mass is 35.5. The zero-order valence-electron chi connectivity index (χ0n) is 36.5. The van der Waals surface area contributed by atoms with Crippen LogP contribution in [0, 0.1) is 5.92 Å². The number of phenolic OH excluding ortho intramolecular Hbond substituents is 1. The summed E-state index contributed by atoms with van der Waals surface area (Å²) in [6.07, 6.45) is 1.51. The minimum atomic E-state index is -2.03. The van der Waals surface area contributed by atoms with Gasteiger partial charge in [0, 0.05) is 64.0 Å². The number of nitrogens with zero attached hydrogens (tertiary/aromatic N) is 1. The van der Waals surface area contributed by atoms with Crippen LogP contribution in [-0.4, -0.2) is 70.3 Å². The molecule has 7 aromatic rings. The molecule has 0 aliphatic carbocycles. The zero-order chi connectivity index (χ0) is 46.2. The SMILES string of the molecule is COc1cc(C(=O)CCc2ccc(-c3cccc([C@](O)(C(=O)OCC4CCN(Cc5ccccc5)CC4)c4ccccc4)c3)s2)c(Cl)cc1CNC[C@H](O)c1ccc(O)c2[nH]c(=O)ccc12. The van der Waals surface area contributed by atoms with Crippen molar-refractivity contribution in [2.45, 2.75) is 50.5 Å². The van der Waals surface area contributed by atoms with E-state index in [0.717, 1.165) is 47.8 Å². The number of rotatable bonds is 18. The average Bonchev–Trinajstić information content (AvgIpc) is 3.83. The number of aromatic nitrogens is 1. The molecule has 0 amide bonds. The topological polar surface area (TPSA) is 161 Å². The molecular weight excluding hydrogens is 874 g/mol. The molecule has 3 heterocycles. The van der Waals surface area contributed by atoms with Crippen LogP contribution in [0.4, 0.5) is 0 Å². The minimum Gasteiger partial charge on any atom is -0.506 e. The highest BCUT2D eigenvalue weighted by molar-refractivity contribution is 7.15. The van der Waals surface area contributed by atoms with Crippen molar-refractivity contribution in [3.8, 4) is 21.9 Å². The molecule has 340 valence electrons. The van der Waals surface area contributed by atoms with Crippen LogP contribution in [0.1, 0.15) is 68.4 Å². The fourth-order valence-electron chi connectivity index (χ4n) is 8.61. The van der Waals surface area contributed by atoms with E-state index < -0.39 is 17.7 Å². The van der Waals surface area contributed by atoms with Gasteiger partial charge in [-0.05, 0) is 103 Å². The number of thiophene rings is 1. The lowest BCUT2D eigenvalue weighted by Crippen LogP contribution is -2.40. The number of aromatic hydroxyl groups is 1. The maximum atomic E-state index is 14.0. The molecule has 0 unspecified atom stereocenters. The number of aliphatic hydroxyl groups excluding tert-OH is 1. The van der Waals surface area contributed by atoms with Gasteiger partial charge in [0.25, 0.3) is 0 Å². The number of likely N-dealkylation sites (tertiary alicyclic amines) is 1. The molecule has 1 aliphatic rings. The molecule has 1 fully saturated rings. The number of methoxy groups -OCH3 is 1. The molecule has 66 heavy (non-hydrogen) atoms. The lowest BCUT2D eigenvalue weighted by molar-refractivity contribution is -0.164. The zero-order valence-corrected chi connectivity index (χ0v) is 38.1. The number of benzene rings is 5. The number of Topliss-reactive ketones (excluding diaryl/α,β-unsaturated/α-hetero) is 1. The molecule has 5 aromatic carbocycles. The van der Waals surface area contributed by atoms with Crippen molar-refractivity contribution in [2.75, 3.05) is 33.4 Å². The Bertz CT molecular complexity index is 2860. The third kappa shape index (κ3) is 10.6. The molecular formula is C53H52ClN3O8S. The van der Waals surface area contributed by atoms with Gasteiger partial charge in [-0.2, -0.15) is 0 Å². The van der Waals surface area contributed by atoms with E-state index in [0.29, 0.717) is 45.4 Å². The Morgan fingerprint density at radius 1 is 0.909 bits per heavy atom. The summed E-state index contributed by atoms with van der Waals surface area (Å²) in [6, 6.07) is 39.9. The summed E-state index contributed by atoms with van der Waals surface area (Å²) in [4.78, 5) is 46.4. The number of piperidine rings is 1. The van der Waals surface area contributed by atoms with Crippen molar-refractivity contribution >= 4 is 45.6 Å². The summed E-state index contributed by atoms with van der Waals surface area (Å²) in [5, 5.41) is 37.6. The number of ketones is 1.